The summed E-state index contributed by atoms with van der Waals surface area (Å²) >= 11 is 9.77. The predicted octanol–water partition coefficient (Wildman–Crippen LogP) is 24.9. The van der Waals surface area contributed by atoms with E-state index in [1.165, 1.54) is 119 Å². The summed E-state index contributed by atoms with van der Waals surface area (Å²) in [6.07, 6.45) is 13.2. The van der Waals surface area contributed by atoms with Crippen LogP contribution in [0, 0.1) is 38.5 Å². The zero-order chi connectivity index (χ0) is 83.2. The van der Waals surface area contributed by atoms with E-state index < -0.39 is 74.4 Å². The van der Waals surface area contributed by atoms with Crippen molar-refractivity contribution in [2.24, 2.45) is 0 Å². The lowest BCUT2D eigenvalue weighted by Gasteiger charge is -2.32. The summed E-state index contributed by atoms with van der Waals surface area (Å²) < 4.78 is 121. The molecule has 2 N–H and O–H groups in total. The van der Waals surface area contributed by atoms with Gasteiger partial charge in [0.05, 0.1) is 33.6 Å². The highest BCUT2D eigenvalue weighted by atomic mass is 127. The van der Waals surface area contributed by atoms with E-state index in [-0.39, 0.29) is 44.1 Å². The second-order valence-corrected chi connectivity index (χ2v) is 37.3. The third-order valence-electron chi connectivity index (χ3n) is 25.1. The molecule has 0 atom stereocenters. The number of benzene rings is 9. The monoisotopic (exact) mass is 1790 g/mol. The van der Waals surface area contributed by atoms with Gasteiger partial charge in [0, 0.05) is 63.5 Å². The summed E-state index contributed by atoms with van der Waals surface area (Å²) in [5, 5.41) is 17.0. The molecule has 0 bridgehead atoms. The van der Waals surface area contributed by atoms with Gasteiger partial charge in [0.25, 0.3) is 0 Å². The Hall–Kier alpha value is -5.81. The molecule has 8 nitrogen and oxygen atoms in total. The van der Waals surface area contributed by atoms with Crippen LogP contribution in [0.2, 0.25) is 0 Å². The van der Waals surface area contributed by atoms with Gasteiger partial charge in [-0.25, -0.2) is 26.3 Å². The van der Waals surface area contributed by atoms with Crippen LogP contribution in [0.3, 0.4) is 0 Å². The van der Waals surface area contributed by atoms with E-state index in [0.717, 1.165) is 96.7 Å². The van der Waals surface area contributed by atoms with Crippen molar-refractivity contribution in [3.63, 3.8) is 0 Å². The van der Waals surface area contributed by atoms with Crippen molar-refractivity contribution in [3.8, 4) is 55.6 Å². The molecule has 0 radical (unpaired) electrons. The van der Waals surface area contributed by atoms with Gasteiger partial charge in [-0.05, 0) is 306 Å². The maximum absolute atomic E-state index is 14.7. The van der Waals surface area contributed by atoms with Gasteiger partial charge in [-0.1, -0.05) is 179 Å². The Morgan fingerprint density at radius 3 is 0.939 bits per heavy atom. The number of rotatable bonds is 17. The van der Waals surface area contributed by atoms with Gasteiger partial charge in [-0.3, -0.25) is 0 Å². The van der Waals surface area contributed by atoms with Crippen LogP contribution in [-0.4, -0.2) is 71.9 Å². The molecule has 9 aromatic rings. The summed E-state index contributed by atoms with van der Waals surface area (Å²) in [5.41, 5.74) is 16.9. The molecule has 3 saturated heterocycles. The van der Waals surface area contributed by atoms with Crippen molar-refractivity contribution in [2.75, 3.05) is 0 Å². The standard InChI is InChI=1S/C31H35BF2O2.C25H23BrF2.C19H20BrI.C12H24B2O4.C6H5BF2O2/c1-7-15-31(16-8-2)26-17-20(23-14-11-22(33)19-28(23)34)9-12-24(26)25-13-10-21(18-27(25)31)32-35-29(3,4)30(5,6)36-32;1-3-11-25(12-4-2)22-13-16(19-10-7-18(27)15-24(19)28)5-8-20(22)21-9-6-17(26)14-23(21)25;1-3-9-19(10-4-2)17-11-13(20)5-7-15(17)16-8-6-14(21)12-18(16)19;1-9(2)10(3,4)16-13(15-9)14-17-11(5,6)12(7,8)18-14;8-4-1-2-5(7(10)11)6(9)3-4/h9-14,17-19H,7-8,15-16H2,1-6H3;5-10,13-15H,3-4,11-12H2,1-2H3;5-8,11-12H,3-4,9-10H2,1-2H3;1-8H3;1-3,10-11H. The highest BCUT2D eigenvalue weighted by Crippen LogP contribution is 2.59. The summed E-state index contributed by atoms with van der Waals surface area (Å²) in [5.74, 6) is -3.87. The van der Waals surface area contributed by atoms with E-state index in [2.05, 4.69) is 221 Å². The lowest BCUT2D eigenvalue weighted by molar-refractivity contribution is 0.00578. The van der Waals surface area contributed by atoms with Gasteiger partial charge in [0.15, 0.2) is 0 Å². The molecule has 3 aliphatic carbocycles. The summed E-state index contributed by atoms with van der Waals surface area (Å²) in [7, 11) is -3.27. The van der Waals surface area contributed by atoms with E-state index >= 15 is 0 Å². The van der Waals surface area contributed by atoms with Crippen LogP contribution in [0.1, 0.15) is 235 Å². The molecule has 6 aliphatic rings. The molecule has 0 unspecified atom stereocenters. The Labute approximate surface area is 704 Å². The van der Waals surface area contributed by atoms with Crippen molar-refractivity contribution in [1.29, 1.82) is 0 Å². The van der Waals surface area contributed by atoms with Crippen LogP contribution in [0.25, 0.3) is 55.6 Å². The Balaban J connectivity index is 0.000000147. The highest BCUT2D eigenvalue weighted by molar-refractivity contribution is 14.1. The Morgan fingerprint density at radius 2 is 0.605 bits per heavy atom. The fourth-order valence-corrected chi connectivity index (χ4v) is 18.8. The van der Waals surface area contributed by atoms with Crippen LogP contribution in [0.5, 0.6) is 0 Å². The van der Waals surface area contributed by atoms with Crippen LogP contribution >= 0.6 is 54.5 Å². The first kappa shape index (κ1) is 89.0. The van der Waals surface area contributed by atoms with Gasteiger partial charge in [0.1, 0.15) is 34.9 Å². The molecule has 0 amide bonds. The molecule has 0 spiro atoms. The van der Waals surface area contributed by atoms with Gasteiger partial charge < -0.3 is 38.0 Å². The number of halogens is 9. The third kappa shape index (κ3) is 17.4. The average molecular weight is 1800 g/mol. The largest absolute Gasteiger partial charge is 0.494 e. The molecular weight excluding hydrogens is 1690 g/mol. The zero-order valence-corrected chi connectivity index (χ0v) is 74.5. The van der Waals surface area contributed by atoms with Crippen molar-refractivity contribution in [1.82, 2.24) is 0 Å². The molecule has 0 saturated carbocycles. The summed E-state index contributed by atoms with van der Waals surface area (Å²) in [4.78, 5) is 0. The molecule has 21 heteroatoms. The average Bonchev–Trinajstić information content (AvgIpc) is 1.58. The predicted molar refractivity (Wildman–Crippen MR) is 470 cm³/mol. The first-order chi connectivity index (χ1) is 53.6. The normalized spacial score (nSPS) is 18.1. The van der Waals surface area contributed by atoms with E-state index in [0.29, 0.717) is 17.2 Å². The van der Waals surface area contributed by atoms with Crippen molar-refractivity contribution in [2.45, 2.75) is 252 Å². The quantitative estimate of drug-likeness (QED) is 0.0529. The highest BCUT2D eigenvalue weighted by Gasteiger charge is 2.64. The minimum atomic E-state index is -1.89. The summed E-state index contributed by atoms with van der Waals surface area (Å²) in [6, 6.07) is 49.4. The number of fused-ring (bicyclic) bond motifs is 9. The second kappa shape index (κ2) is 34.9. The van der Waals surface area contributed by atoms with Crippen LogP contribution < -0.4 is 10.9 Å². The molecule has 114 heavy (non-hydrogen) atoms. The van der Waals surface area contributed by atoms with Gasteiger partial charge in [-0.2, -0.15) is 0 Å². The van der Waals surface area contributed by atoms with Crippen LogP contribution in [-0.2, 0) is 44.2 Å². The van der Waals surface area contributed by atoms with Crippen LogP contribution in [0.15, 0.2) is 173 Å². The summed E-state index contributed by atoms with van der Waals surface area (Å²) in [6.45, 7) is 38.0. The fraction of sp³-hybridized carbons (Fsp3) is 0.419. The number of hydrogen-bond acceptors (Lipinski definition) is 8. The lowest BCUT2D eigenvalue weighted by Crippen LogP contribution is -2.41. The maximum Gasteiger partial charge on any atom is 0.494 e. The molecule has 9 aromatic carbocycles. The minimum Gasteiger partial charge on any atom is -0.423 e. The molecule has 3 aliphatic heterocycles. The van der Waals surface area contributed by atoms with E-state index in [4.69, 9.17) is 38.0 Å². The molecule has 602 valence electrons. The molecule has 15 rings (SSSR count). The van der Waals surface area contributed by atoms with Gasteiger partial charge in [-0.15, -0.1) is 0 Å². The Bertz CT molecular complexity index is 4840. The van der Waals surface area contributed by atoms with E-state index in [1.807, 2.05) is 67.5 Å². The molecule has 3 fully saturated rings. The van der Waals surface area contributed by atoms with Crippen molar-refractivity contribution in [3.05, 3.63) is 245 Å². The fourth-order valence-electron chi connectivity index (χ4n) is 17.6. The lowest BCUT2D eigenvalue weighted by atomic mass is 9.49. The third-order valence-corrected chi connectivity index (χ3v) is 26.7. The van der Waals surface area contributed by atoms with Gasteiger partial charge >= 0.3 is 28.3 Å². The Morgan fingerprint density at radius 1 is 0.325 bits per heavy atom. The van der Waals surface area contributed by atoms with Gasteiger partial charge in [0.2, 0.25) is 0 Å². The first-order valence-electron chi connectivity index (χ1n) is 40.3. The molecule has 0 aromatic heterocycles. The first-order valence-corrected chi connectivity index (χ1v) is 42.9. The minimum absolute atomic E-state index is 0.0650. The van der Waals surface area contributed by atoms with Crippen LogP contribution in [0.4, 0.5) is 26.3 Å². The number of hydrogen-bond donors (Lipinski definition) is 2. The maximum atomic E-state index is 14.7. The SMILES string of the molecule is CC1(C)OB(B2OC(C)(C)C(C)(C)O2)OC1(C)C.CCCC1(CCC)c2cc(B3OC(C)(C)C(C)(C)O3)ccc2-c2ccc(-c3ccc(F)cc3F)cc21.CCCC1(CCC)c2cc(Br)ccc2-c2ccc(-c3ccc(F)cc3F)cc21.CCCC1(CCC)c2cc(Br)ccc2-c2ccc(I)cc21.OB(O)c1ccc(F)cc1F. The topological polar surface area (TPSA) is 95.8 Å². The molecule has 3 heterocycles. The Kier molecular flexibility index (Phi) is 27.2. The second-order valence-electron chi connectivity index (χ2n) is 34.3. The molecular formula is C93H107B4Br2F6IO8. The van der Waals surface area contributed by atoms with Crippen molar-refractivity contribution >= 4 is 93.6 Å². The van der Waals surface area contributed by atoms with E-state index in [9.17, 15) is 26.3 Å². The zero-order valence-electron chi connectivity index (χ0n) is 69.1. The van der Waals surface area contributed by atoms with E-state index in [1.54, 1.807) is 5.56 Å². The smallest absolute Gasteiger partial charge is 0.423 e. The van der Waals surface area contributed by atoms with Crippen molar-refractivity contribution < 1.29 is 64.3 Å².